The molecule has 2 rings (SSSR count). The molecule has 21 heavy (non-hydrogen) atoms. The number of cyclic esters (lactones) is 1. The van der Waals surface area contributed by atoms with Gasteiger partial charge in [0.05, 0.1) is 10.8 Å². The molecule has 7 nitrogen and oxygen atoms in total. The van der Waals surface area contributed by atoms with Gasteiger partial charge in [-0.15, -0.1) is 0 Å². The molecule has 0 unspecified atom stereocenters. The molecule has 1 fully saturated rings. The number of anilines is 1. The van der Waals surface area contributed by atoms with E-state index < -0.39 is 16.4 Å². The second-order valence-electron chi connectivity index (χ2n) is 5.64. The van der Waals surface area contributed by atoms with Gasteiger partial charge < -0.3 is 10.1 Å². The van der Waals surface area contributed by atoms with Gasteiger partial charge in [-0.05, 0) is 19.9 Å². The Morgan fingerprint density at radius 3 is 2.81 bits per heavy atom. The number of carbonyl (C=O) groups excluding carboxylic acids is 2. The van der Waals surface area contributed by atoms with E-state index in [1.807, 2.05) is 0 Å². The molecule has 0 saturated carbocycles. The molecule has 0 spiro atoms. The zero-order valence-corrected chi connectivity index (χ0v) is 11.8. The van der Waals surface area contributed by atoms with Crippen molar-refractivity contribution in [3.05, 3.63) is 34.4 Å². The lowest BCUT2D eigenvalue weighted by Crippen LogP contribution is -2.19. The summed E-state index contributed by atoms with van der Waals surface area (Å²) in [5.41, 5.74) is -0.317. The van der Waals surface area contributed by atoms with Crippen LogP contribution in [0.2, 0.25) is 0 Å². The van der Waals surface area contributed by atoms with Crippen LogP contribution in [0.15, 0.2) is 24.3 Å². The average Bonchev–Trinajstić information content (AvgIpc) is 2.62. The summed E-state index contributed by atoms with van der Waals surface area (Å²) in [6.45, 7) is 3.59. The first-order valence-corrected chi connectivity index (χ1v) is 6.54. The van der Waals surface area contributed by atoms with Crippen molar-refractivity contribution >= 4 is 23.3 Å². The van der Waals surface area contributed by atoms with E-state index in [0.717, 1.165) is 0 Å². The monoisotopic (exact) mass is 292 g/mol. The van der Waals surface area contributed by atoms with Crippen LogP contribution in [-0.4, -0.2) is 22.4 Å². The molecule has 1 aliphatic rings. The summed E-state index contributed by atoms with van der Waals surface area (Å²) in [6, 6.07) is 5.66. The first-order valence-electron chi connectivity index (χ1n) is 6.54. The maximum absolute atomic E-state index is 11.9. The highest BCUT2D eigenvalue weighted by molar-refractivity contribution is 5.93. The second kappa shape index (κ2) is 5.51. The second-order valence-corrected chi connectivity index (χ2v) is 5.64. The number of benzene rings is 1. The summed E-state index contributed by atoms with van der Waals surface area (Å²) in [5, 5.41) is 13.2. The van der Waals surface area contributed by atoms with Crippen molar-refractivity contribution in [1.82, 2.24) is 0 Å². The Bertz CT molecular complexity index is 597. The van der Waals surface area contributed by atoms with Crippen LogP contribution in [0.3, 0.4) is 0 Å². The number of nitro groups is 1. The quantitative estimate of drug-likeness (QED) is 0.521. The van der Waals surface area contributed by atoms with Crippen molar-refractivity contribution in [3.8, 4) is 0 Å². The molecule has 0 bridgehead atoms. The van der Waals surface area contributed by atoms with Crippen molar-refractivity contribution in [2.24, 2.45) is 5.92 Å². The smallest absolute Gasteiger partial charge is 0.310 e. The van der Waals surface area contributed by atoms with Crippen LogP contribution in [0, 0.1) is 16.0 Å². The largest absolute Gasteiger partial charge is 0.459 e. The highest BCUT2D eigenvalue weighted by Crippen LogP contribution is 2.32. The summed E-state index contributed by atoms with van der Waals surface area (Å²) < 4.78 is 5.15. The number of nitrogens with one attached hydrogen (secondary N) is 1. The van der Waals surface area contributed by atoms with Gasteiger partial charge in [-0.25, -0.2) is 0 Å². The van der Waals surface area contributed by atoms with E-state index in [1.54, 1.807) is 19.9 Å². The Hall–Kier alpha value is -2.44. The minimum Gasteiger partial charge on any atom is -0.459 e. The van der Waals surface area contributed by atoms with Gasteiger partial charge in [0.15, 0.2) is 0 Å². The molecule has 1 saturated heterocycles. The third kappa shape index (κ3) is 3.77. The molecule has 7 heteroatoms. The van der Waals surface area contributed by atoms with Crippen molar-refractivity contribution in [1.29, 1.82) is 0 Å². The van der Waals surface area contributed by atoms with E-state index in [0.29, 0.717) is 12.1 Å². The van der Waals surface area contributed by atoms with Gasteiger partial charge in [-0.2, -0.15) is 0 Å². The van der Waals surface area contributed by atoms with Crippen molar-refractivity contribution in [3.63, 3.8) is 0 Å². The van der Waals surface area contributed by atoms with E-state index in [4.69, 9.17) is 4.74 Å². The average molecular weight is 292 g/mol. The Morgan fingerprint density at radius 2 is 2.24 bits per heavy atom. The molecular formula is C14H16N2O5. The van der Waals surface area contributed by atoms with Gasteiger partial charge in [0.25, 0.3) is 5.69 Å². The number of esters is 1. The number of nitro benzene ring substituents is 1. The normalized spacial score (nSPS) is 19.9. The third-order valence-corrected chi connectivity index (χ3v) is 3.22. The maximum atomic E-state index is 11.9. The van der Waals surface area contributed by atoms with Gasteiger partial charge in [0.1, 0.15) is 5.60 Å². The molecule has 1 aromatic carbocycles. The number of hydrogen-bond acceptors (Lipinski definition) is 5. The van der Waals surface area contributed by atoms with Gasteiger partial charge in [-0.1, -0.05) is 6.07 Å². The fourth-order valence-corrected chi connectivity index (χ4v) is 2.36. The first kappa shape index (κ1) is 15.0. The predicted molar refractivity (Wildman–Crippen MR) is 74.6 cm³/mol. The van der Waals surface area contributed by atoms with Crippen LogP contribution in [0.5, 0.6) is 0 Å². The molecule has 0 aromatic heterocycles. The molecule has 1 aliphatic heterocycles. The maximum Gasteiger partial charge on any atom is 0.310 e. The van der Waals surface area contributed by atoms with Crippen LogP contribution in [-0.2, 0) is 14.3 Å². The van der Waals surface area contributed by atoms with Crippen LogP contribution in [0.1, 0.15) is 26.7 Å². The molecule has 1 N–H and O–H groups in total. The summed E-state index contributed by atoms with van der Waals surface area (Å²) in [4.78, 5) is 33.7. The molecular weight excluding hydrogens is 276 g/mol. The number of hydrogen-bond donors (Lipinski definition) is 1. The highest BCUT2D eigenvalue weighted by atomic mass is 16.6. The number of amides is 1. The number of ether oxygens (including phenoxy) is 1. The van der Waals surface area contributed by atoms with Crippen LogP contribution in [0.4, 0.5) is 11.4 Å². The van der Waals surface area contributed by atoms with E-state index >= 15 is 0 Å². The van der Waals surface area contributed by atoms with E-state index in [1.165, 1.54) is 18.2 Å². The van der Waals surface area contributed by atoms with E-state index in [9.17, 15) is 19.7 Å². The predicted octanol–water partition coefficient (Wildman–Crippen LogP) is 2.27. The van der Waals surface area contributed by atoms with Gasteiger partial charge >= 0.3 is 5.97 Å². The molecule has 1 amide bonds. The lowest BCUT2D eigenvalue weighted by molar-refractivity contribution is -0.384. The molecule has 1 aromatic rings. The van der Waals surface area contributed by atoms with E-state index in [-0.39, 0.29) is 24.0 Å². The molecule has 1 atom stereocenters. The molecule has 1 heterocycles. The fourth-order valence-electron chi connectivity index (χ4n) is 2.36. The van der Waals surface area contributed by atoms with Crippen molar-refractivity contribution in [2.75, 3.05) is 5.32 Å². The fraction of sp³-hybridized carbons (Fsp3) is 0.429. The summed E-state index contributed by atoms with van der Waals surface area (Å²) in [7, 11) is 0. The van der Waals surface area contributed by atoms with Gasteiger partial charge in [0, 0.05) is 30.7 Å². The SMILES string of the molecule is CC1(C)C[C@@H](CC(=O)Nc2cccc([N+](=O)[O-])c2)C(=O)O1. The zero-order chi connectivity index (χ0) is 15.6. The van der Waals surface area contributed by atoms with Crippen LogP contribution < -0.4 is 5.32 Å². The van der Waals surface area contributed by atoms with Gasteiger partial charge in [0.2, 0.25) is 5.91 Å². The molecule has 0 aliphatic carbocycles. The number of non-ortho nitro benzene ring substituents is 1. The lowest BCUT2D eigenvalue weighted by atomic mass is 9.94. The topological polar surface area (TPSA) is 98.5 Å². The minimum atomic E-state index is -0.548. The van der Waals surface area contributed by atoms with E-state index in [2.05, 4.69) is 5.32 Å². The lowest BCUT2D eigenvalue weighted by Gasteiger charge is -2.14. The number of rotatable bonds is 4. The van der Waals surface area contributed by atoms with Gasteiger partial charge in [-0.3, -0.25) is 19.7 Å². The minimum absolute atomic E-state index is 0.00492. The van der Waals surface area contributed by atoms with Crippen LogP contribution in [0.25, 0.3) is 0 Å². The summed E-state index contributed by atoms with van der Waals surface area (Å²) >= 11 is 0. The zero-order valence-electron chi connectivity index (χ0n) is 11.8. The third-order valence-electron chi connectivity index (χ3n) is 3.22. The van der Waals surface area contributed by atoms with Crippen molar-refractivity contribution < 1.29 is 19.2 Å². The Morgan fingerprint density at radius 1 is 1.52 bits per heavy atom. The summed E-state index contributed by atoms with van der Waals surface area (Å²) in [6.07, 6.45) is 0.485. The number of nitrogens with zero attached hydrogens (tertiary/aromatic N) is 1. The highest BCUT2D eigenvalue weighted by Gasteiger charge is 2.40. The Labute approximate surface area is 121 Å². The Kier molecular flexibility index (Phi) is 3.93. The standard InChI is InChI=1S/C14H16N2O5/c1-14(2)8-9(13(18)21-14)6-12(17)15-10-4-3-5-11(7-10)16(19)20/h3-5,7,9H,6,8H2,1-2H3,(H,15,17)/t9-/m1/s1. The van der Waals surface area contributed by atoms with Crippen LogP contribution >= 0.6 is 0 Å². The van der Waals surface area contributed by atoms with Crippen molar-refractivity contribution in [2.45, 2.75) is 32.3 Å². The molecule has 0 radical (unpaired) electrons. The number of carbonyl (C=O) groups is 2. The first-order chi connectivity index (χ1) is 9.77. The molecule has 112 valence electrons. The Balaban J connectivity index is 1.98. The summed E-state index contributed by atoms with van der Waals surface area (Å²) in [5.74, 6) is -1.22.